The molecule has 0 saturated heterocycles. The summed E-state index contributed by atoms with van der Waals surface area (Å²) in [5.41, 5.74) is 2.75. The highest BCUT2D eigenvalue weighted by Crippen LogP contribution is 2.17. The summed E-state index contributed by atoms with van der Waals surface area (Å²) in [5.74, 6) is -0.441. The van der Waals surface area contributed by atoms with Crippen molar-refractivity contribution >= 4 is 32.2 Å². The molecule has 1 N–H and O–H groups in total. The molecule has 112 valence electrons. The molecule has 0 spiro atoms. The standard InChI is InChI=1S/C14H9ClFN3O2S/c15-10-1-7-13(8-2-10)22(20,21)14(9-17)19-18-12-5-3-11(16)4-6-12/h1-8,18H/b19-14+. The van der Waals surface area contributed by atoms with E-state index in [2.05, 4.69) is 10.5 Å². The molecule has 2 aromatic rings. The number of hydrogen-bond acceptors (Lipinski definition) is 5. The topological polar surface area (TPSA) is 82.3 Å². The molecular weight excluding hydrogens is 329 g/mol. The van der Waals surface area contributed by atoms with Gasteiger partial charge in [0.25, 0.3) is 5.04 Å². The number of halogens is 2. The van der Waals surface area contributed by atoms with Crippen LogP contribution in [-0.2, 0) is 9.84 Å². The summed E-state index contributed by atoms with van der Waals surface area (Å²) in [6.45, 7) is 0. The third kappa shape index (κ3) is 3.61. The molecule has 5 nitrogen and oxygen atoms in total. The number of rotatable bonds is 3. The van der Waals surface area contributed by atoms with Crippen molar-refractivity contribution in [1.29, 1.82) is 5.26 Å². The van der Waals surface area contributed by atoms with E-state index < -0.39 is 20.7 Å². The number of anilines is 1. The molecule has 0 amide bonds. The molecule has 0 aliphatic heterocycles. The zero-order valence-electron chi connectivity index (χ0n) is 11.0. The van der Waals surface area contributed by atoms with Crippen molar-refractivity contribution in [1.82, 2.24) is 0 Å². The van der Waals surface area contributed by atoms with Gasteiger partial charge in [-0.05, 0) is 48.5 Å². The average molecular weight is 338 g/mol. The average Bonchev–Trinajstić information content (AvgIpc) is 2.50. The van der Waals surface area contributed by atoms with Crippen LogP contribution in [0.3, 0.4) is 0 Å². The Morgan fingerprint density at radius 2 is 1.73 bits per heavy atom. The lowest BCUT2D eigenvalue weighted by Crippen LogP contribution is -2.15. The van der Waals surface area contributed by atoms with Gasteiger partial charge in [0.2, 0.25) is 9.84 Å². The van der Waals surface area contributed by atoms with Gasteiger partial charge in [0.05, 0.1) is 10.6 Å². The Bertz CT molecular complexity index is 841. The van der Waals surface area contributed by atoms with Crippen LogP contribution in [0.4, 0.5) is 10.1 Å². The van der Waals surface area contributed by atoms with Crippen molar-refractivity contribution in [3.8, 4) is 6.07 Å². The number of nitrogens with zero attached hydrogens (tertiary/aromatic N) is 2. The van der Waals surface area contributed by atoms with Crippen molar-refractivity contribution in [2.24, 2.45) is 5.10 Å². The zero-order valence-corrected chi connectivity index (χ0v) is 12.6. The Labute approximate surface area is 131 Å². The first kappa shape index (κ1) is 15.9. The van der Waals surface area contributed by atoms with Crippen LogP contribution in [0.1, 0.15) is 0 Å². The van der Waals surface area contributed by atoms with E-state index in [1.807, 2.05) is 0 Å². The van der Waals surface area contributed by atoms with E-state index >= 15 is 0 Å². The second-order valence-electron chi connectivity index (χ2n) is 4.10. The molecule has 0 unspecified atom stereocenters. The summed E-state index contributed by atoms with van der Waals surface area (Å²) in [6, 6.07) is 12.0. The second-order valence-corrected chi connectivity index (χ2v) is 6.41. The van der Waals surface area contributed by atoms with Crippen molar-refractivity contribution in [2.75, 3.05) is 5.43 Å². The number of nitriles is 1. The van der Waals surface area contributed by atoms with Crippen molar-refractivity contribution < 1.29 is 12.8 Å². The van der Waals surface area contributed by atoms with Gasteiger partial charge in [-0.25, -0.2) is 12.8 Å². The van der Waals surface area contributed by atoms with Crippen LogP contribution in [0, 0.1) is 17.1 Å². The van der Waals surface area contributed by atoms with Gasteiger partial charge in [-0.1, -0.05) is 11.6 Å². The number of hydrazone groups is 1. The molecule has 2 rings (SSSR count). The maximum Gasteiger partial charge on any atom is 0.256 e. The maximum absolute atomic E-state index is 12.8. The quantitative estimate of drug-likeness (QED) is 0.529. The Morgan fingerprint density at radius 3 is 2.27 bits per heavy atom. The highest BCUT2D eigenvalue weighted by Gasteiger charge is 2.22. The summed E-state index contributed by atoms with van der Waals surface area (Å²) in [4.78, 5) is -0.0990. The van der Waals surface area contributed by atoms with E-state index in [1.165, 1.54) is 54.6 Å². The van der Waals surface area contributed by atoms with Crippen LogP contribution < -0.4 is 5.43 Å². The van der Waals surface area contributed by atoms with E-state index in [0.29, 0.717) is 10.7 Å². The number of sulfone groups is 1. The lowest BCUT2D eigenvalue weighted by Gasteiger charge is -2.04. The second kappa shape index (κ2) is 6.56. The molecule has 0 aliphatic carbocycles. The van der Waals surface area contributed by atoms with Crippen molar-refractivity contribution in [3.63, 3.8) is 0 Å². The lowest BCUT2D eigenvalue weighted by molar-refractivity contribution is 0.607. The molecule has 8 heteroatoms. The summed E-state index contributed by atoms with van der Waals surface area (Å²) in [6.07, 6.45) is 0. The van der Waals surface area contributed by atoms with Gasteiger partial charge in [0, 0.05) is 5.02 Å². The largest absolute Gasteiger partial charge is 0.277 e. The van der Waals surface area contributed by atoms with Gasteiger partial charge in [0.15, 0.2) is 0 Å². The normalized spacial score (nSPS) is 11.8. The van der Waals surface area contributed by atoms with Crippen LogP contribution in [0.2, 0.25) is 5.02 Å². The third-order valence-electron chi connectivity index (χ3n) is 2.60. The molecule has 0 heterocycles. The Kier molecular flexibility index (Phi) is 4.75. The summed E-state index contributed by atoms with van der Waals surface area (Å²) in [7, 11) is -4.05. The Balaban J connectivity index is 2.30. The Morgan fingerprint density at radius 1 is 1.14 bits per heavy atom. The van der Waals surface area contributed by atoms with Gasteiger partial charge in [-0.15, -0.1) is 0 Å². The fourth-order valence-corrected chi connectivity index (χ4v) is 2.64. The molecule has 0 aliphatic rings. The van der Waals surface area contributed by atoms with Crippen LogP contribution in [-0.4, -0.2) is 13.5 Å². The fourth-order valence-electron chi connectivity index (χ4n) is 1.51. The van der Waals surface area contributed by atoms with E-state index in [1.54, 1.807) is 0 Å². The van der Waals surface area contributed by atoms with Crippen molar-refractivity contribution in [3.05, 3.63) is 59.4 Å². The Hall–Kier alpha value is -2.43. The predicted octanol–water partition coefficient (Wildman–Crippen LogP) is 3.20. The minimum atomic E-state index is -4.05. The molecule has 0 saturated carbocycles. The van der Waals surface area contributed by atoms with Crippen LogP contribution in [0.5, 0.6) is 0 Å². The third-order valence-corrected chi connectivity index (χ3v) is 4.44. The zero-order chi connectivity index (χ0) is 16.2. The number of hydrogen-bond donors (Lipinski definition) is 1. The molecule has 0 fully saturated rings. The molecular formula is C14H9ClFN3O2S. The first-order chi connectivity index (χ1) is 10.4. The maximum atomic E-state index is 12.8. The van der Waals surface area contributed by atoms with Crippen LogP contribution in [0.15, 0.2) is 58.5 Å². The van der Waals surface area contributed by atoms with E-state index in [4.69, 9.17) is 16.9 Å². The number of benzene rings is 2. The minimum Gasteiger partial charge on any atom is -0.277 e. The van der Waals surface area contributed by atoms with E-state index in [-0.39, 0.29) is 4.90 Å². The highest BCUT2D eigenvalue weighted by atomic mass is 35.5. The van der Waals surface area contributed by atoms with Crippen LogP contribution in [0.25, 0.3) is 0 Å². The lowest BCUT2D eigenvalue weighted by atomic mass is 10.3. The van der Waals surface area contributed by atoms with E-state index in [9.17, 15) is 12.8 Å². The van der Waals surface area contributed by atoms with Gasteiger partial charge >= 0.3 is 0 Å². The highest BCUT2D eigenvalue weighted by molar-refractivity contribution is 8.07. The first-order valence-electron chi connectivity index (χ1n) is 5.93. The SMILES string of the molecule is N#C/C(=N\Nc1ccc(F)cc1)S(=O)(=O)c1ccc(Cl)cc1. The van der Waals surface area contributed by atoms with Gasteiger partial charge < -0.3 is 0 Å². The minimum absolute atomic E-state index is 0.0990. The molecule has 0 radical (unpaired) electrons. The van der Waals surface area contributed by atoms with Gasteiger partial charge in [-0.3, -0.25) is 5.43 Å². The van der Waals surface area contributed by atoms with Gasteiger partial charge in [0.1, 0.15) is 11.9 Å². The summed E-state index contributed by atoms with van der Waals surface area (Å²) in [5, 5.41) is 12.3. The van der Waals surface area contributed by atoms with Crippen LogP contribution >= 0.6 is 11.6 Å². The number of nitrogens with one attached hydrogen (secondary N) is 1. The molecule has 2 aromatic carbocycles. The molecule has 0 atom stereocenters. The first-order valence-corrected chi connectivity index (χ1v) is 7.79. The smallest absolute Gasteiger partial charge is 0.256 e. The van der Waals surface area contributed by atoms with Crippen molar-refractivity contribution in [2.45, 2.75) is 4.90 Å². The predicted molar refractivity (Wildman–Crippen MR) is 81.7 cm³/mol. The van der Waals surface area contributed by atoms with Gasteiger partial charge in [-0.2, -0.15) is 10.4 Å². The molecule has 22 heavy (non-hydrogen) atoms. The molecule has 0 aromatic heterocycles. The monoisotopic (exact) mass is 337 g/mol. The fraction of sp³-hybridized carbons (Fsp3) is 0. The van der Waals surface area contributed by atoms with E-state index in [0.717, 1.165) is 0 Å². The molecule has 0 bridgehead atoms. The summed E-state index contributed by atoms with van der Waals surface area (Å²) >= 11 is 5.70. The summed E-state index contributed by atoms with van der Waals surface area (Å²) < 4.78 is 37.3.